The molecule has 1 aliphatic rings. The monoisotopic (exact) mass is 252 g/mol. The molecule has 0 aromatic rings. The van der Waals surface area contributed by atoms with Crippen LogP contribution in [0.3, 0.4) is 0 Å². The summed E-state index contributed by atoms with van der Waals surface area (Å²) >= 11 is 0. The lowest BCUT2D eigenvalue weighted by atomic mass is 9.95. The molecule has 0 radical (unpaired) electrons. The fourth-order valence-electron chi connectivity index (χ4n) is 2.07. The maximum absolute atomic E-state index is 12.3. The summed E-state index contributed by atoms with van der Waals surface area (Å²) in [5, 5.41) is 3.37. The Hall–Kier alpha value is -0.290. The van der Waals surface area contributed by atoms with Gasteiger partial charge in [0.25, 0.3) is 0 Å². The van der Waals surface area contributed by atoms with Gasteiger partial charge in [-0.05, 0) is 24.8 Å². The molecule has 1 rings (SSSR count). The van der Waals surface area contributed by atoms with Crippen LogP contribution in [0.2, 0.25) is 0 Å². The Kier molecular flexibility index (Phi) is 4.84. The van der Waals surface area contributed by atoms with Crippen LogP contribution in [0.25, 0.3) is 0 Å². The Labute approximate surface area is 102 Å². The van der Waals surface area contributed by atoms with E-state index in [0.29, 0.717) is 13.1 Å². The summed E-state index contributed by atoms with van der Waals surface area (Å²) in [6.07, 6.45) is -2.26. The van der Waals surface area contributed by atoms with Gasteiger partial charge >= 0.3 is 6.18 Å². The Morgan fingerprint density at radius 2 is 1.88 bits per heavy atom. The quantitative estimate of drug-likeness (QED) is 0.830. The number of alkyl halides is 3. The first-order chi connectivity index (χ1) is 7.66. The van der Waals surface area contributed by atoms with E-state index in [1.165, 1.54) is 4.90 Å². The summed E-state index contributed by atoms with van der Waals surface area (Å²) in [5.41, 5.74) is 0.173. The highest BCUT2D eigenvalue weighted by molar-refractivity contribution is 4.81. The van der Waals surface area contributed by atoms with Crippen molar-refractivity contribution in [2.45, 2.75) is 45.8 Å². The molecule has 17 heavy (non-hydrogen) atoms. The number of rotatable bonds is 3. The predicted octanol–water partition coefficient (Wildman–Crippen LogP) is 2.65. The minimum absolute atomic E-state index is 0.173. The van der Waals surface area contributed by atoms with E-state index in [4.69, 9.17) is 0 Å². The lowest BCUT2D eigenvalue weighted by Crippen LogP contribution is -2.49. The number of nitrogens with zero attached hydrogens (tertiary/aromatic N) is 1. The largest absolute Gasteiger partial charge is 0.401 e. The summed E-state index contributed by atoms with van der Waals surface area (Å²) in [7, 11) is 0. The van der Waals surface area contributed by atoms with E-state index in [0.717, 1.165) is 19.4 Å². The van der Waals surface area contributed by atoms with E-state index in [9.17, 15) is 13.2 Å². The van der Waals surface area contributed by atoms with Gasteiger partial charge in [0.1, 0.15) is 0 Å². The average molecular weight is 252 g/mol. The van der Waals surface area contributed by atoms with Crippen LogP contribution in [0.4, 0.5) is 13.2 Å². The lowest BCUT2D eigenvalue weighted by Gasteiger charge is -2.35. The van der Waals surface area contributed by atoms with Crippen molar-refractivity contribution in [3.63, 3.8) is 0 Å². The number of hydrogen-bond acceptors (Lipinski definition) is 2. The van der Waals surface area contributed by atoms with Gasteiger partial charge in [0.05, 0.1) is 6.54 Å². The standard InChI is InChI=1S/C12H23F3N2/c1-11(2,3)8-16-10-5-4-6-17(7-10)9-12(13,14)15/h10,16H,4-9H2,1-3H3. The maximum Gasteiger partial charge on any atom is 0.401 e. The highest BCUT2D eigenvalue weighted by atomic mass is 19.4. The SMILES string of the molecule is CC(C)(C)CNC1CCCN(CC(F)(F)F)C1. The molecule has 0 aromatic heterocycles. The molecule has 1 atom stereocenters. The van der Waals surface area contributed by atoms with Crippen molar-refractivity contribution in [2.24, 2.45) is 5.41 Å². The second-order valence-corrected chi connectivity index (χ2v) is 6.13. The Morgan fingerprint density at radius 1 is 1.24 bits per heavy atom. The van der Waals surface area contributed by atoms with Gasteiger partial charge in [-0.2, -0.15) is 13.2 Å². The van der Waals surface area contributed by atoms with E-state index in [2.05, 4.69) is 26.1 Å². The number of hydrogen-bond donors (Lipinski definition) is 1. The molecule has 1 unspecified atom stereocenters. The molecule has 0 spiro atoms. The van der Waals surface area contributed by atoms with Gasteiger partial charge in [-0.15, -0.1) is 0 Å². The molecule has 1 fully saturated rings. The molecule has 0 bridgehead atoms. The molecule has 5 heteroatoms. The van der Waals surface area contributed by atoms with Crippen molar-refractivity contribution in [1.82, 2.24) is 10.2 Å². The van der Waals surface area contributed by atoms with Crippen LogP contribution in [0.1, 0.15) is 33.6 Å². The van der Waals surface area contributed by atoms with Crippen LogP contribution >= 0.6 is 0 Å². The zero-order chi connectivity index (χ0) is 13.1. The normalized spacial score (nSPS) is 24.0. The Balaban J connectivity index is 2.34. The van der Waals surface area contributed by atoms with Gasteiger partial charge < -0.3 is 5.32 Å². The van der Waals surface area contributed by atoms with Crippen molar-refractivity contribution < 1.29 is 13.2 Å². The summed E-state index contributed by atoms with van der Waals surface area (Å²) in [4.78, 5) is 1.50. The predicted molar refractivity (Wildman–Crippen MR) is 63.0 cm³/mol. The first-order valence-electron chi connectivity index (χ1n) is 6.18. The van der Waals surface area contributed by atoms with Crippen molar-refractivity contribution in [1.29, 1.82) is 0 Å². The molecule has 102 valence electrons. The number of nitrogens with one attached hydrogen (secondary N) is 1. The van der Waals surface area contributed by atoms with E-state index >= 15 is 0 Å². The summed E-state index contributed by atoms with van der Waals surface area (Å²) in [5.74, 6) is 0. The summed E-state index contributed by atoms with van der Waals surface area (Å²) in [6.45, 7) is 7.50. The fraction of sp³-hybridized carbons (Fsp3) is 1.00. The molecule has 1 heterocycles. The molecule has 0 aliphatic carbocycles. The maximum atomic E-state index is 12.3. The molecular formula is C12H23F3N2. The van der Waals surface area contributed by atoms with Crippen LogP contribution < -0.4 is 5.32 Å². The van der Waals surface area contributed by atoms with Gasteiger partial charge in [-0.25, -0.2) is 0 Å². The number of halogens is 3. The van der Waals surface area contributed by atoms with Crippen LogP contribution in [0.5, 0.6) is 0 Å². The topological polar surface area (TPSA) is 15.3 Å². The lowest BCUT2D eigenvalue weighted by molar-refractivity contribution is -0.148. The summed E-state index contributed by atoms with van der Waals surface area (Å²) in [6, 6.07) is 0.199. The molecule has 1 aliphatic heterocycles. The van der Waals surface area contributed by atoms with Gasteiger partial charge in [0, 0.05) is 19.1 Å². The molecule has 0 saturated carbocycles. The minimum Gasteiger partial charge on any atom is -0.312 e. The third kappa shape index (κ3) is 6.88. The molecule has 1 N–H and O–H groups in total. The van der Waals surface area contributed by atoms with Gasteiger partial charge in [-0.3, -0.25) is 4.90 Å². The Bertz CT molecular complexity index is 233. The van der Waals surface area contributed by atoms with Crippen LogP contribution in [0.15, 0.2) is 0 Å². The molecular weight excluding hydrogens is 229 g/mol. The van der Waals surface area contributed by atoms with Crippen LogP contribution in [0, 0.1) is 5.41 Å². The van der Waals surface area contributed by atoms with E-state index < -0.39 is 12.7 Å². The highest BCUT2D eigenvalue weighted by Gasteiger charge is 2.33. The van der Waals surface area contributed by atoms with E-state index in [-0.39, 0.29) is 11.5 Å². The molecule has 0 amide bonds. The van der Waals surface area contributed by atoms with E-state index in [1.807, 2.05) is 0 Å². The molecule has 2 nitrogen and oxygen atoms in total. The molecule has 1 saturated heterocycles. The van der Waals surface area contributed by atoms with Crippen LogP contribution in [-0.2, 0) is 0 Å². The van der Waals surface area contributed by atoms with Crippen molar-refractivity contribution in [3.05, 3.63) is 0 Å². The zero-order valence-electron chi connectivity index (χ0n) is 10.9. The third-order valence-corrected chi connectivity index (χ3v) is 2.83. The average Bonchev–Trinajstić information content (AvgIpc) is 2.11. The van der Waals surface area contributed by atoms with Gasteiger partial charge in [-0.1, -0.05) is 20.8 Å². The number of likely N-dealkylation sites (tertiary alicyclic amines) is 1. The van der Waals surface area contributed by atoms with Crippen molar-refractivity contribution in [2.75, 3.05) is 26.2 Å². The fourth-order valence-corrected chi connectivity index (χ4v) is 2.07. The highest BCUT2D eigenvalue weighted by Crippen LogP contribution is 2.20. The van der Waals surface area contributed by atoms with E-state index in [1.54, 1.807) is 0 Å². The third-order valence-electron chi connectivity index (χ3n) is 2.83. The summed E-state index contributed by atoms with van der Waals surface area (Å²) < 4.78 is 36.8. The first-order valence-corrected chi connectivity index (χ1v) is 6.18. The first kappa shape index (κ1) is 14.8. The smallest absolute Gasteiger partial charge is 0.312 e. The number of piperidine rings is 1. The zero-order valence-corrected chi connectivity index (χ0v) is 10.9. The Morgan fingerprint density at radius 3 is 2.41 bits per heavy atom. The van der Waals surface area contributed by atoms with Crippen molar-refractivity contribution >= 4 is 0 Å². The van der Waals surface area contributed by atoms with Crippen LogP contribution in [-0.4, -0.2) is 43.3 Å². The van der Waals surface area contributed by atoms with Gasteiger partial charge in [0.2, 0.25) is 0 Å². The molecule has 0 aromatic carbocycles. The van der Waals surface area contributed by atoms with Crippen molar-refractivity contribution in [3.8, 4) is 0 Å². The second-order valence-electron chi connectivity index (χ2n) is 6.13. The minimum atomic E-state index is -4.08. The van der Waals surface area contributed by atoms with Gasteiger partial charge in [0.15, 0.2) is 0 Å². The second kappa shape index (κ2) is 5.57.